The monoisotopic (exact) mass is 306 g/mol. The summed E-state index contributed by atoms with van der Waals surface area (Å²) in [5.74, 6) is -0.116. The predicted octanol–water partition coefficient (Wildman–Crippen LogP) is 5.12. The standard InChI is InChI=1S/C21H24NO/c1-3-4-16-22(18(2)23)17-15-21(19-11-7-5-8-12-19)20-13-9-6-10-14-20/h5-15H,2-4,16-17H2,1H3. The molecule has 0 aromatic heterocycles. The van der Waals surface area contributed by atoms with E-state index in [9.17, 15) is 5.11 Å². The van der Waals surface area contributed by atoms with Gasteiger partial charge in [-0.15, -0.1) is 0 Å². The van der Waals surface area contributed by atoms with Crippen LogP contribution in [0.1, 0.15) is 30.9 Å². The summed E-state index contributed by atoms with van der Waals surface area (Å²) in [4.78, 5) is 1.80. The zero-order valence-corrected chi connectivity index (χ0v) is 13.7. The van der Waals surface area contributed by atoms with Gasteiger partial charge in [-0.2, -0.15) is 0 Å². The molecule has 0 spiro atoms. The first-order valence-electron chi connectivity index (χ1n) is 8.14. The van der Waals surface area contributed by atoms with Crippen LogP contribution >= 0.6 is 0 Å². The summed E-state index contributed by atoms with van der Waals surface area (Å²) in [6.07, 6.45) is 4.20. The molecular weight excluding hydrogens is 282 g/mol. The summed E-state index contributed by atoms with van der Waals surface area (Å²) in [5, 5.41) is 11.7. The van der Waals surface area contributed by atoms with E-state index in [-0.39, 0.29) is 5.88 Å². The molecule has 0 fully saturated rings. The molecule has 2 rings (SSSR count). The minimum absolute atomic E-state index is 0.116. The molecular formula is C21H24NO. The molecule has 119 valence electrons. The Balaban J connectivity index is 2.28. The Kier molecular flexibility index (Phi) is 6.49. The van der Waals surface area contributed by atoms with Crippen LogP contribution in [0, 0.1) is 0 Å². The Hall–Kier alpha value is -2.48. The highest BCUT2D eigenvalue weighted by Gasteiger charge is 2.09. The number of hydrogen-bond donors (Lipinski definition) is 0. The van der Waals surface area contributed by atoms with Gasteiger partial charge in [0.15, 0.2) is 0 Å². The van der Waals surface area contributed by atoms with Crippen LogP contribution in [0.25, 0.3) is 5.57 Å². The fraction of sp³-hybridized carbons (Fsp3) is 0.238. The molecule has 0 saturated heterocycles. The zero-order chi connectivity index (χ0) is 16.5. The zero-order valence-electron chi connectivity index (χ0n) is 13.7. The number of unbranched alkanes of at least 4 members (excludes halogenated alkanes) is 1. The van der Waals surface area contributed by atoms with Crippen molar-refractivity contribution < 1.29 is 5.11 Å². The Labute approximate surface area is 139 Å². The fourth-order valence-corrected chi connectivity index (χ4v) is 2.51. The van der Waals surface area contributed by atoms with Gasteiger partial charge in [-0.25, -0.2) is 0 Å². The topological polar surface area (TPSA) is 23.1 Å². The van der Waals surface area contributed by atoms with Crippen LogP contribution in [0.5, 0.6) is 0 Å². The van der Waals surface area contributed by atoms with Crippen LogP contribution in [0.4, 0.5) is 0 Å². The van der Waals surface area contributed by atoms with Gasteiger partial charge in [0.05, 0.1) is 0 Å². The summed E-state index contributed by atoms with van der Waals surface area (Å²) in [7, 11) is 0. The minimum Gasteiger partial charge on any atom is -0.336 e. The number of rotatable bonds is 8. The lowest BCUT2D eigenvalue weighted by Crippen LogP contribution is -2.23. The second-order valence-electron chi connectivity index (χ2n) is 5.54. The van der Waals surface area contributed by atoms with Gasteiger partial charge < -0.3 is 4.90 Å². The molecule has 2 nitrogen and oxygen atoms in total. The van der Waals surface area contributed by atoms with Crippen molar-refractivity contribution in [1.82, 2.24) is 4.90 Å². The molecule has 0 atom stereocenters. The van der Waals surface area contributed by atoms with Crippen LogP contribution in [-0.2, 0) is 5.11 Å². The Morgan fingerprint density at radius 3 is 1.96 bits per heavy atom. The van der Waals surface area contributed by atoms with E-state index in [4.69, 9.17) is 0 Å². The van der Waals surface area contributed by atoms with Gasteiger partial charge in [0, 0.05) is 13.1 Å². The second kappa shape index (κ2) is 8.84. The highest BCUT2D eigenvalue weighted by molar-refractivity contribution is 5.79. The summed E-state index contributed by atoms with van der Waals surface area (Å²) in [6.45, 7) is 7.04. The molecule has 0 aliphatic heterocycles. The van der Waals surface area contributed by atoms with Crippen LogP contribution in [0.3, 0.4) is 0 Å². The SMILES string of the molecule is C=C([O])N(CC=C(c1ccccc1)c1ccccc1)CCCC. The Morgan fingerprint density at radius 2 is 1.52 bits per heavy atom. The van der Waals surface area contributed by atoms with Crippen molar-refractivity contribution >= 4 is 5.57 Å². The van der Waals surface area contributed by atoms with E-state index in [0.29, 0.717) is 6.54 Å². The molecule has 0 saturated carbocycles. The molecule has 0 N–H and O–H groups in total. The molecule has 0 aliphatic carbocycles. The molecule has 0 bridgehead atoms. The Bertz CT molecular complexity index is 590. The lowest BCUT2D eigenvalue weighted by Gasteiger charge is -2.20. The molecule has 0 unspecified atom stereocenters. The maximum absolute atomic E-state index is 11.7. The number of benzene rings is 2. The van der Waals surface area contributed by atoms with Gasteiger partial charge >= 0.3 is 0 Å². The largest absolute Gasteiger partial charge is 0.336 e. The second-order valence-corrected chi connectivity index (χ2v) is 5.54. The number of hydrogen-bond acceptors (Lipinski definition) is 1. The molecule has 2 aromatic carbocycles. The van der Waals surface area contributed by atoms with E-state index in [0.717, 1.165) is 36.1 Å². The van der Waals surface area contributed by atoms with Crippen molar-refractivity contribution in [3.63, 3.8) is 0 Å². The van der Waals surface area contributed by atoms with Gasteiger partial charge in [-0.05, 0) is 29.7 Å². The van der Waals surface area contributed by atoms with Crippen LogP contribution < -0.4 is 0 Å². The van der Waals surface area contributed by atoms with E-state index in [1.165, 1.54) is 0 Å². The lowest BCUT2D eigenvalue weighted by atomic mass is 9.97. The third-order valence-electron chi connectivity index (χ3n) is 3.82. The molecule has 2 aromatic rings. The van der Waals surface area contributed by atoms with E-state index in [1.807, 2.05) is 36.4 Å². The van der Waals surface area contributed by atoms with Gasteiger partial charge in [0.2, 0.25) is 5.88 Å². The third-order valence-corrected chi connectivity index (χ3v) is 3.82. The van der Waals surface area contributed by atoms with Crippen molar-refractivity contribution in [2.24, 2.45) is 0 Å². The molecule has 23 heavy (non-hydrogen) atoms. The fourth-order valence-electron chi connectivity index (χ4n) is 2.51. The molecule has 0 aliphatic rings. The molecule has 2 heteroatoms. The van der Waals surface area contributed by atoms with Crippen LogP contribution in [-0.4, -0.2) is 18.0 Å². The highest BCUT2D eigenvalue weighted by Crippen LogP contribution is 2.23. The smallest absolute Gasteiger partial charge is 0.239 e. The maximum atomic E-state index is 11.7. The lowest BCUT2D eigenvalue weighted by molar-refractivity contribution is 0.157. The van der Waals surface area contributed by atoms with E-state index < -0.39 is 0 Å². The summed E-state index contributed by atoms with van der Waals surface area (Å²) >= 11 is 0. The molecule has 1 radical (unpaired) electrons. The Morgan fingerprint density at radius 1 is 1.00 bits per heavy atom. The van der Waals surface area contributed by atoms with Gasteiger partial charge in [0.25, 0.3) is 0 Å². The normalized spacial score (nSPS) is 10.1. The van der Waals surface area contributed by atoms with Gasteiger partial charge in [-0.3, -0.25) is 5.11 Å². The van der Waals surface area contributed by atoms with Gasteiger partial charge in [0.1, 0.15) is 0 Å². The number of nitrogens with zero attached hydrogens (tertiary/aromatic N) is 1. The first-order valence-corrected chi connectivity index (χ1v) is 8.14. The van der Waals surface area contributed by atoms with Gasteiger partial charge in [-0.1, -0.05) is 80.1 Å². The average Bonchev–Trinajstić information content (AvgIpc) is 2.59. The van der Waals surface area contributed by atoms with Crippen LogP contribution in [0.15, 0.2) is 79.2 Å². The van der Waals surface area contributed by atoms with Crippen molar-refractivity contribution in [2.75, 3.05) is 13.1 Å². The van der Waals surface area contributed by atoms with Crippen molar-refractivity contribution in [1.29, 1.82) is 0 Å². The van der Waals surface area contributed by atoms with Crippen molar-refractivity contribution in [3.8, 4) is 0 Å². The first kappa shape index (κ1) is 16.9. The quantitative estimate of drug-likeness (QED) is 0.621. The first-order chi connectivity index (χ1) is 11.2. The predicted molar refractivity (Wildman–Crippen MR) is 96.3 cm³/mol. The molecule has 0 heterocycles. The summed E-state index contributed by atoms with van der Waals surface area (Å²) in [5.41, 5.74) is 3.46. The summed E-state index contributed by atoms with van der Waals surface area (Å²) in [6, 6.07) is 20.6. The van der Waals surface area contributed by atoms with E-state index >= 15 is 0 Å². The minimum atomic E-state index is -0.116. The third kappa shape index (κ3) is 5.03. The van der Waals surface area contributed by atoms with E-state index in [1.54, 1.807) is 4.90 Å². The van der Waals surface area contributed by atoms with Crippen molar-refractivity contribution in [2.45, 2.75) is 19.8 Å². The average molecular weight is 306 g/mol. The van der Waals surface area contributed by atoms with Crippen LogP contribution in [0.2, 0.25) is 0 Å². The van der Waals surface area contributed by atoms with Crippen molar-refractivity contribution in [3.05, 3.63) is 90.3 Å². The maximum Gasteiger partial charge on any atom is 0.239 e. The summed E-state index contributed by atoms with van der Waals surface area (Å²) < 4.78 is 0. The highest BCUT2D eigenvalue weighted by atomic mass is 16.3. The molecule has 0 amide bonds. The van der Waals surface area contributed by atoms with E-state index in [2.05, 4.69) is 43.8 Å².